The Morgan fingerprint density at radius 3 is 2.71 bits per heavy atom. The van der Waals surface area contributed by atoms with Gasteiger partial charge in [0.2, 0.25) is 0 Å². The Labute approximate surface area is 204 Å². The second-order valence-electron chi connectivity index (χ2n) is 9.50. The van der Waals surface area contributed by atoms with Crippen LogP contribution >= 0.6 is 0 Å². The summed E-state index contributed by atoms with van der Waals surface area (Å²) in [4.78, 5) is 29.5. The highest BCUT2D eigenvalue weighted by Crippen LogP contribution is 2.38. The molecule has 0 aliphatic carbocycles. The first-order chi connectivity index (χ1) is 17.1. The van der Waals surface area contributed by atoms with Crippen LogP contribution in [-0.2, 0) is 9.47 Å². The minimum atomic E-state index is -0.243. The number of morpholine rings is 2. The number of hydrogen-bond donors (Lipinski definition) is 2. The molecule has 2 aromatic heterocycles. The number of rotatable bonds is 4. The molecule has 2 N–H and O–H groups in total. The normalized spacial score (nSPS) is 26.2. The first-order valence-corrected chi connectivity index (χ1v) is 12.3. The van der Waals surface area contributed by atoms with E-state index in [-0.39, 0.29) is 18.1 Å². The molecule has 182 valence electrons. The summed E-state index contributed by atoms with van der Waals surface area (Å²) in [5.41, 5.74) is 2.86. The lowest BCUT2D eigenvalue weighted by Gasteiger charge is -2.37. The lowest BCUT2D eigenvalue weighted by molar-refractivity contribution is -0.00542. The monoisotopic (exact) mass is 474 g/mol. The van der Waals surface area contributed by atoms with Gasteiger partial charge in [-0.3, -0.25) is 4.79 Å². The van der Waals surface area contributed by atoms with E-state index in [2.05, 4.69) is 28.5 Å². The standard InChI is InChI=1S/C26H30N6O3/c1-15-22(35-11-10-28-15)24-30-23-20(25(31-24)32-18-6-7-19(32)14-34-13-18)8-9-21(29-23)16-4-3-5-17(12-16)26(33)27-2/h3-5,8-9,12,15,18-19,22,28H,6-7,10-11,13-14H2,1-2H3,(H,27,33)/t15?,18?,19?,22-/m0/s1. The Bertz CT molecular complexity index is 1250. The van der Waals surface area contributed by atoms with Gasteiger partial charge in [0.05, 0.1) is 43.0 Å². The molecule has 3 saturated heterocycles. The molecule has 9 heteroatoms. The van der Waals surface area contributed by atoms with Crippen LogP contribution in [0.1, 0.15) is 42.1 Å². The van der Waals surface area contributed by atoms with Gasteiger partial charge in [-0.05, 0) is 44.0 Å². The quantitative estimate of drug-likeness (QED) is 0.595. The third-order valence-corrected chi connectivity index (χ3v) is 7.26. The smallest absolute Gasteiger partial charge is 0.251 e. The van der Waals surface area contributed by atoms with Crippen molar-refractivity contribution in [2.75, 3.05) is 38.3 Å². The molecule has 0 spiro atoms. The number of amides is 1. The number of carbonyl (C=O) groups excluding carboxylic acids is 1. The molecule has 0 saturated carbocycles. The van der Waals surface area contributed by atoms with Crippen LogP contribution in [0.3, 0.4) is 0 Å². The lowest BCUT2D eigenvalue weighted by Crippen LogP contribution is -2.47. The van der Waals surface area contributed by atoms with Gasteiger partial charge in [-0.2, -0.15) is 0 Å². The fourth-order valence-corrected chi connectivity index (χ4v) is 5.46. The van der Waals surface area contributed by atoms with Crippen molar-refractivity contribution < 1.29 is 14.3 Å². The van der Waals surface area contributed by atoms with Crippen molar-refractivity contribution >= 4 is 22.8 Å². The van der Waals surface area contributed by atoms with Gasteiger partial charge < -0.3 is 25.0 Å². The van der Waals surface area contributed by atoms with E-state index < -0.39 is 0 Å². The second kappa shape index (κ2) is 9.14. The molecule has 3 unspecified atom stereocenters. The highest BCUT2D eigenvalue weighted by atomic mass is 16.5. The zero-order valence-corrected chi connectivity index (χ0v) is 20.0. The summed E-state index contributed by atoms with van der Waals surface area (Å²) in [5, 5.41) is 7.08. The first kappa shape index (κ1) is 22.3. The minimum absolute atomic E-state index is 0.0999. The van der Waals surface area contributed by atoms with Crippen LogP contribution < -0.4 is 15.5 Å². The maximum Gasteiger partial charge on any atom is 0.251 e. The van der Waals surface area contributed by atoms with E-state index in [4.69, 9.17) is 24.4 Å². The Kier molecular flexibility index (Phi) is 5.83. The second-order valence-corrected chi connectivity index (χ2v) is 9.50. The lowest BCUT2D eigenvalue weighted by atomic mass is 10.1. The van der Waals surface area contributed by atoms with Crippen LogP contribution in [0.15, 0.2) is 36.4 Å². The molecule has 35 heavy (non-hydrogen) atoms. The molecule has 6 rings (SSSR count). The molecule has 3 fully saturated rings. The molecule has 1 amide bonds. The zero-order valence-electron chi connectivity index (χ0n) is 20.0. The van der Waals surface area contributed by atoms with E-state index in [0.717, 1.165) is 41.8 Å². The first-order valence-electron chi connectivity index (χ1n) is 12.3. The Balaban J connectivity index is 1.48. The molecule has 3 aromatic rings. The molecule has 9 nitrogen and oxygen atoms in total. The molecule has 2 bridgehead atoms. The number of ether oxygens (including phenoxy) is 2. The zero-order chi connectivity index (χ0) is 23.9. The molecular formula is C26H30N6O3. The third kappa shape index (κ3) is 4.03. The van der Waals surface area contributed by atoms with Crippen LogP contribution in [0.5, 0.6) is 0 Å². The van der Waals surface area contributed by atoms with E-state index in [0.29, 0.717) is 48.9 Å². The number of aromatic nitrogens is 3. The van der Waals surface area contributed by atoms with E-state index in [1.165, 1.54) is 0 Å². The largest absolute Gasteiger partial charge is 0.377 e. The predicted octanol–water partition coefficient (Wildman–Crippen LogP) is 2.47. The van der Waals surface area contributed by atoms with Gasteiger partial charge in [0.1, 0.15) is 11.9 Å². The van der Waals surface area contributed by atoms with Gasteiger partial charge >= 0.3 is 0 Å². The van der Waals surface area contributed by atoms with Crippen LogP contribution in [-0.4, -0.2) is 72.4 Å². The summed E-state index contributed by atoms with van der Waals surface area (Å²) >= 11 is 0. The average molecular weight is 475 g/mol. The van der Waals surface area contributed by atoms with E-state index in [1.807, 2.05) is 24.3 Å². The van der Waals surface area contributed by atoms with Crippen LogP contribution in [0.4, 0.5) is 5.82 Å². The number of benzene rings is 1. The van der Waals surface area contributed by atoms with E-state index in [9.17, 15) is 4.79 Å². The molecule has 0 radical (unpaired) electrons. The maximum atomic E-state index is 12.2. The summed E-state index contributed by atoms with van der Waals surface area (Å²) in [6.45, 7) is 4.97. The summed E-state index contributed by atoms with van der Waals surface area (Å²) < 4.78 is 11.9. The number of hydrogen-bond acceptors (Lipinski definition) is 8. The van der Waals surface area contributed by atoms with E-state index >= 15 is 0 Å². The van der Waals surface area contributed by atoms with Crippen molar-refractivity contribution in [2.24, 2.45) is 0 Å². The van der Waals surface area contributed by atoms with Gasteiger partial charge in [0.25, 0.3) is 5.91 Å². The molecular weight excluding hydrogens is 444 g/mol. The number of carbonyl (C=O) groups is 1. The van der Waals surface area contributed by atoms with Crippen molar-refractivity contribution in [3.05, 3.63) is 47.8 Å². The molecule has 4 atom stereocenters. The third-order valence-electron chi connectivity index (χ3n) is 7.26. The van der Waals surface area contributed by atoms with Crippen molar-refractivity contribution in [3.8, 4) is 11.3 Å². The number of fused-ring (bicyclic) bond motifs is 3. The van der Waals surface area contributed by atoms with Gasteiger partial charge in [-0.1, -0.05) is 12.1 Å². The fourth-order valence-electron chi connectivity index (χ4n) is 5.46. The van der Waals surface area contributed by atoms with Crippen molar-refractivity contribution in [1.29, 1.82) is 0 Å². The maximum absolute atomic E-state index is 12.2. The number of nitrogens with one attached hydrogen (secondary N) is 2. The SMILES string of the molecule is CNC(=O)c1cccc(-c2ccc3c(N4C5CCC4COC5)nc([C@H]4OCCNC4C)nc3n2)c1. The summed E-state index contributed by atoms with van der Waals surface area (Å²) in [6.07, 6.45) is 1.95. The predicted molar refractivity (Wildman–Crippen MR) is 132 cm³/mol. The Morgan fingerprint density at radius 2 is 1.94 bits per heavy atom. The van der Waals surface area contributed by atoms with Crippen LogP contribution in [0.2, 0.25) is 0 Å². The van der Waals surface area contributed by atoms with E-state index in [1.54, 1.807) is 13.1 Å². The van der Waals surface area contributed by atoms with Crippen LogP contribution in [0.25, 0.3) is 22.3 Å². The summed E-state index contributed by atoms with van der Waals surface area (Å²) in [5.74, 6) is 1.44. The summed E-state index contributed by atoms with van der Waals surface area (Å²) in [7, 11) is 1.63. The van der Waals surface area contributed by atoms with Gasteiger partial charge in [-0.15, -0.1) is 0 Å². The highest BCUT2D eigenvalue weighted by molar-refractivity contribution is 5.95. The van der Waals surface area contributed by atoms with Gasteiger partial charge in [-0.25, -0.2) is 15.0 Å². The topological polar surface area (TPSA) is 102 Å². The highest BCUT2D eigenvalue weighted by Gasteiger charge is 2.40. The fraction of sp³-hybridized carbons (Fsp3) is 0.462. The Hall–Kier alpha value is -3.14. The minimum Gasteiger partial charge on any atom is -0.377 e. The number of pyridine rings is 1. The molecule has 1 aromatic carbocycles. The molecule has 5 heterocycles. The number of nitrogens with zero attached hydrogens (tertiary/aromatic N) is 4. The van der Waals surface area contributed by atoms with Crippen molar-refractivity contribution in [2.45, 2.75) is 44.0 Å². The van der Waals surface area contributed by atoms with Crippen molar-refractivity contribution in [1.82, 2.24) is 25.6 Å². The summed E-state index contributed by atoms with van der Waals surface area (Å²) in [6, 6.07) is 12.3. The molecule has 3 aliphatic heterocycles. The van der Waals surface area contributed by atoms with Gasteiger partial charge in [0, 0.05) is 30.8 Å². The van der Waals surface area contributed by atoms with Crippen molar-refractivity contribution in [3.63, 3.8) is 0 Å². The van der Waals surface area contributed by atoms with Gasteiger partial charge in [0.15, 0.2) is 11.5 Å². The molecule has 3 aliphatic rings. The number of anilines is 1. The average Bonchev–Trinajstić information content (AvgIpc) is 3.14. The Morgan fingerprint density at radius 1 is 1.11 bits per heavy atom. The van der Waals surface area contributed by atoms with Crippen LogP contribution in [0, 0.1) is 0 Å².